The Morgan fingerprint density at radius 1 is 1.18 bits per heavy atom. The van der Waals surface area contributed by atoms with Gasteiger partial charge in [0.05, 0.1) is 19.8 Å². The lowest BCUT2D eigenvalue weighted by Gasteiger charge is -2.16. The molecule has 0 heterocycles. The predicted molar refractivity (Wildman–Crippen MR) is 68.3 cm³/mol. The third-order valence-electron chi connectivity index (χ3n) is 2.99. The van der Waals surface area contributed by atoms with Crippen LogP contribution >= 0.6 is 0 Å². The summed E-state index contributed by atoms with van der Waals surface area (Å²) in [6, 6.07) is 1.90. The Labute approximate surface area is 102 Å². The highest BCUT2D eigenvalue weighted by atomic mass is 16.5. The largest absolute Gasteiger partial charge is 0.496 e. The standard InChI is InChI=1S/C14H18O3/c1-8-7-12(11(4)14(15)17-6)9(2)10(3)13(8)16-5/h7H,4H2,1-3,5-6H3. The summed E-state index contributed by atoms with van der Waals surface area (Å²) in [4.78, 5) is 11.5. The molecule has 0 aromatic heterocycles. The minimum Gasteiger partial charge on any atom is -0.496 e. The van der Waals surface area contributed by atoms with E-state index in [0.29, 0.717) is 5.57 Å². The zero-order chi connectivity index (χ0) is 13.2. The van der Waals surface area contributed by atoms with E-state index in [-0.39, 0.29) is 0 Å². The van der Waals surface area contributed by atoms with Crippen LogP contribution in [0.5, 0.6) is 5.75 Å². The Kier molecular flexibility index (Phi) is 3.94. The first-order chi connectivity index (χ1) is 7.93. The first-order valence-electron chi connectivity index (χ1n) is 5.36. The minimum absolute atomic E-state index is 0.374. The van der Waals surface area contributed by atoms with E-state index in [1.54, 1.807) is 7.11 Å². The van der Waals surface area contributed by atoms with Crippen molar-refractivity contribution in [3.05, 3.63) is 34.9 Å². The van der Waals surface area contributed by atoms with Crippen molar-refractivity contribution in [2.75, 3.05) is 14.2 Å². The van der Waals surface area contributed by atoms with Gasteiger partial charge in [-0.15, -0.1) is 0 Å². The van der Waals surface area contributed by atoms with E-state index >= 15 is 0 Å². The third kappa shape index (κ3) is 2.33. The Balaban J connectivity index is 3.38. The molecular formula is C14H18O3. The van der Waals surface area contributed by atoms with Gasteiger partial charge in [-0.25, -0.2) is 4.79 Å². The highest BCUT2D eigenvalue weighted by Gasteiger charge is 2.16. The molecule has 0 atom stereocenters. The molecule has 92 valence electrons. The Morgan fingerprint density at radius 2 is 1.76 bits per heavy atom. The molecule has 0 bridgehead atoms. The Hall–Kier alpha value is -1.77. The number of benzene rings is 1. The number of esters is 1. The highest BCUT2D eigenvalue weighted by molar-refractivity contribution is 6.16. The molecule has 17 heavy (non-hydrogen) atoms. The first-order valence-corrected chi connectivity index (χ1v) is 5.36. The summed E-state index contributed by atoms with van der Waals surface area (Å²) in [5.41, 5.74) is 4.18. The van der Waals surface area contributed by atoms with E-state index in [1.807, 2.05) is 26.8 Å². The van der Waals surface area contributed by atoms with Crippen LogP contribution < -0.4 is 4.74 Å². The second-order valence-electron chi connectivity index (χ2n) is 3.99. The molecule has 0 aliphatic heterocycles. The van der Waals surface area contributed by atoms with Crippen LogP contribution in [0.25, 0.3) is 5.57 Å². The topological polar surface area (TPSA) is 35.5 Å². The number of aryl methyl sites for hydroxylation is 1. The number of carbonyl (C=O) groups excluding carboxylic acids is 1. The van der Waals surface area contributed by atoms with E-state index in [9.17, 15) is 4.79 Å². The van der Waals surface area contributed by atoms with E-state index in [1.165, 1.54) is 7.11 Å². The van der Waals surface area contributed by atoms with Gasteiger partial charge in [0.15, 0.2) is 0 Å². The molecule has 1 aromatic rings. The zero-order valence-corrected chi connectivity index (χ0v) is 11.0. The lowest BCUT2D eigenvalue weighted by molar-refractivity contribution is -0.133. The summed E-state index contributed by atoms with van der Waals surface area (Å²) >= 11 is 0. The van der Waals surface area contributed by atoms with Crippen molar-refractivity contribution < 1.29 is 14.3 Å². The van der Waals surface area contributed by atoms with E-state index in [2.05, 4.69) is 11.3 Å². The van der Waals surface area contributed by atoms with Crippen LogP contribution in [0.1, 0.15) is 22.3 Å². The maximum Gasteiger partial charge on any atom is 0.337 e. The van der Waals surface area contributed by atoms with Crippen LogP contribution in [0.2, 0.25) is 0 Å². The number of methoxy groups -OCH3 is 2. The van der Waals surface area contributed by atoms with Crippen LogP contribution in [0.3, 0.4) is 0 Å². The van der Waals surface area contributed by atoms with Crippen LogP contribution in [0, 0.1) is 20.8 Å². The summed E-state index contributed by atoms with van der Waals surface area (Å²) in [7, 11) is 3.00. The lowest BCUT2D eigenvalue weighted by Crippen LogP contribution is -2.06. The number of ether oxygens (including phenoxy) is 2. The van der Waals surface area contributed by atoms with Gasteiger partial charge in [-0.3, -0.25) is 0 Å². The monoisotopic (exact) mass is 234 g/mol. The molecule has 1 aromatic carbocycles. The number of rotatable bonds is 3. The summed E-state index contributed by atoms with van der Waals surface area (Å²) in [6.45, 7) is 9.64. The molecule has 3 heteroatoms. The van der Waals surface area contributed by atoms with Crippen molar-refractivity contribution in [1.29, 1.82) is 0 Å². The van der Waals surface area contributed by atoms with Crippen molar-refractivity contribution in [2.24, 2.45) is 0 Å². The molecule has 0 spiro atoms. The van der Waals surface area contributed by atoms with Gasteiger partial charge in [0.25, 0.3) is 0 Å². The van der Waals surface area contributed by atoms with Gasteiger partial charge in [0.2, 0.25) is 0 Å². The number of carbonyl (C=O) groups is 1. The molecule has 1 rings (SSSR count). The van der Waals surface area contributed by atoms with Gasteiger partial charge in [-0.1, -0.05) is 6.58 Å². The molecule has 0 saturated heterocycles. The molecule has 0 saturated carbocycles. The van der Waals surface area contributed by atoms with Crippen molar-refractivity contribution in [3.8, 4) is 5.75 Å². The summed E-state index contributed by atoms with van der Waals surface area (Å²) in [5.74, 6) is 0.445. The van der Waals surface area contributed by atoms with Gasteiger partial charge in [-0.2, -0.15) is 0 Å². The zero-order valence-electron chi connectivity index (χ0n) is 11.0. The van der Waals surface area contributed by atoms with Crippen LogP contribution in [0.4, 0.5) is 0 Å². The maximum atomic E-state index is 11.5. The Morgan fingerprint density at radius 3 is 2.24 bits per heavy atom. The Bertz CT molecular complexity index is 473. The summed E-state index contributed by atoms with van der Waals surface area (Å²) in [5, 5.41) is 0. The molecule has 3 nitrogen and oxygen atoms in total. The van der Waals surface area contributed by atoms with Crippen molar-refractivity contribution >= 4 is 11.5 Å². The van der Waals surface area contributed by atoms with E-state index in [0.717, 1.165) is 28.0 Å². The molecule has 0 unspecified atom stereocenters. The number of hydrogen-bond donors (Lipinski definition) is 0. The van der Waals surface area contributed by atoms with Crippen LogP contribution in [-0.2, 0) is 9.53 Å². The van der Waals surface area contributed by atoms with Gasteiger partial charge in [-0.05, 0) is 49.1 Å². The summed E-state index contributed by atoms with van der Waals surface area (Å²) in [6.07, 6.45) is 0. The second kappa shape index (κ2) is 5.04. The van der Waals surface area contributed by atoms with Gasteiger partial charge in [0.1, 0.15) is 5.75 Å². The van der Waals surface area contributed by atoms with Gasteiger partial charge < -0.3 is 9.47 Å². The molecule has 0 amide bonds. The van der Waals surface area contributed by atoms with Gasteiger partial charge in [0, 0.05) is 0 Å². The van der Waals surface area contributed by atoms with Gasteiger partial charge >= 0.3 is 5.97 Å². The van der Waals surface area contributed by atoms with Crippen molar-refractivity contribution in [3.63, 3.8) is 0 Å². The number of hydrogen-bond acceptors (Lipinski definition) is 3. The molecule has 0 N–H and O–H groups in total. The normalized spacial score (nSPS) is 9.94. The fraction of sp³-hybridized carbons (Fsp3) is 0.357. The average Bonchev–Trinajstić information content (AvgIpc) is 2.32. The molecule has 0 fully saturated rings. The molecule has 0 radical (unpaired) electrons. The van der Waals surface area contributed by atoms with Crippen LogP contribution in [-0.4, -0.2) is 20.2 Å². The average molecular weight is 234 g/mol. The van der Waals surface area contributed by atoms with Crippen molar-refractivity contribution in [2.45, 2.75) is 20.8 Å². The fourth-order valence-corrected chi connectivity index (χ4v) is 1.92. The molecule has 0 aliphatic rings. The molecule has 0 aliphatic carbocycles. The minimum atomic E-state index is -0.405. The van der Waals surface area contributed by atoms with Crippen LogP contribution in [0.15, 0.2) is 12.6 Å². The lowest BCUT2D eigenvalue weighted by atomic mass is 9.94. The third-order valence-corrected chi connectivity index (χ3v) is 2.99. The second-order valence-corrected chi connectivity index (χ2v) is 3.99. The highest BCUT2D eigenvalue weighted by Crippen LogP contribution is 2.31. The fourth-order valence-electron chi connectivity index (χ4n) is 1.92. The SMILES string of the molecule is C=C(C(=O)OC)c1cc(C)c(OC)c(C)c1C. The van der Waals surface area contributed by atoms with E-state index in [4.69, 9.17) is 4.74 Å². The quantitative estimate of drug-likeness (QED) is 0.596. The van der Waals surface area contributed by atoms with Crippen molar-refractivity contribution in [1.82, 2.24) is 0 Å². The molecular weight excluding hydrogens is 216 g/mol. The summed E-state index contributed by atoms with van der Waals surface area (Å²) < 4.78 is 10.0. The first kappa shape index (κ1) is 13.3. The van der Waals surface area contributed by atoms with E-state index < -0.39 is 5.97 Å². The smallest absolute Gasteiger partial charge is 0.337 e. The predicted octanol–water partition coefficient (Wildman–Crippen LogP) is 2.81. The maximum absolute atomic E-state index is 11.5.